The van der Waals surface area contributed by atoms with Gasteiger partial charge in [-0.25, -0.2) is 0 Å². The third-order valence-corrected chi connectivity index (χ3v) is 5.60. The Kier molecular flexibility index (Phi) is 7.72. The van der Waals surface area contributed by atoms with Gasteiger partial charge in [-0.15, -0.1) is 0 Å². The van der Waals surface area contributed by atoms with E-state index in [0.29, 0.717) is 31.2 Å². The highest BCUT2D eigenvalue weighted by molar-refractivity contribution is 5.80. The molecule has 1 aliphatic heterocycles. The third kappa shape index (κ3) is 5.66. The fourth-order valence-electron chi connectivity index (χ4n) is 4.05. The van der Waals surface area contributed by atoms with Gasteiger partial charge in [-0.05, 0) is 54.5 Å². The van der Waals surface area contributed by atoms with E-state index in [1.54, 1.807) is 6.92 Å². The number of nitrogens with one attached hydrogen (secondary N) is 1. The van der Waals surface area contributed by atoms with E-state index in [9.17, 15) is 9.59 Å². The second kappa shape index (κ2) is 10.5. The molecule has 31 heavy (non-hydrogen) atoms. The van der Waals surface area contributed by atoms with Gasteiger partial charge in [0.15, 0.2) is 6.10 Å². The predicted octanol–water partition coefficient (Wildman–Crippen LogP) is 4.50. The van der Waals surface area contributed by atoms with E-state index in [-0.39, 0.29) is 17.9 Å². The molecule has 0 unspecified atom stereocenters. The lowest BCUT2D eigenvalue weighted by Crippen LogP contribution is -2.41. The lowest BCUT2D eigenvalue weighted by atomic mass is 9.87. The maximum Gasteiger partial charge on any atom is 0.260 e. The normalized spacial score (nSPS) is 16.5. The standard InChI is InChI=1S/C26H34N2O3/c1-5-14-27-26(30)19(4)31-22-12-11-20-13-15-28(24(29)16-18(2)3)25(23(20)17-22)21-9-7-6-8-10-21/h6-12,17-19,25H,5,13-16H2,1-4H3,(H,27,30)/t19-,25-/m1/s1. The summed E-state index contributed by atoms with van der Waals surface area (Å²) in [6.45, 7) is 9.27. The molecule has 2 amide bonds. The smallest absolute Gasteiger partial charge is 0.260 e. The molecule has 5 nitrogen and oxygen atoms in total. The summed E-state index contributed by atoms with van der Waals surface area (Å²) < 4.78 is 5.97. The maximum atomic E-state index is 13.1. The summed E-state index contributed by atoms with van der Waals surface area (Å²) in [5.41, 5.74) is 3.39. The van der Waals surface area contributed by atoms with Crippen molar-refractivity contribution in [1.82, 2.24) is 10.2 Å². The molecular formula is C26H34N2O3. The van der Waals surface area contributed by atoms with Crippen LogP contribution in [0.4, 0.5) is 0 Å². The van der Waals surface area contributed by atoms with E-state index >= 15 is 0 Å². The minimum atomic E-state index is -0.581. The fourth-order valence-corrected chi connectivity index (χ4v) is 4.05. The molecule has 5 heteroatoms. The summed E-state index contributed by atoms with van der Waals surface area (Å²) in [5.74, 6) is 1.01. The number of fused-ring (bicyclic) bond motifs is 1. The van der Waals surface area contributed by atoms with Crippen LogP contribution in [0.15, 0.2) is 48.5 Å². The molecule has 0 spiro atoms. The average molecular weight is 423 g/mol. The van der Waals surface area contributed by atoms with Gasteiger partial charge in [-0.3, -0.25) is 9.59 Å². The van der Waals surface area contributed by atoms with E-state index in [4.69, 9.17) is 4.74 Å². The first-order chi connectivity index (χ1) is 14.9. The largest absolute Gasteiger partial charge is 0.481 e. The summed E-state index contributed by atoms with van der Waals surface area (Å²) in [6, 6.07) is 16.0. The zero-order chi connectivity index (χ0) is 22.4. The van der Waals surface area contributed by atoms with Gasteiger partial charge in [-0.1, -0.05) is 57.2 Å². The number of carbonyl (C=O) groups excluding carboxylic acids is 2. The van der Waals surface area contributed by atoms with Crippen molar-refractivity contribution in [3.63, 3.8) is 0 Å². The summed E-state index contributed by atoms with van der Waals surface area (Å²) in [5, 5.41) is 2.87. The molecule has 0 radical (unpaired) electrons. The van der Waals surface area contributed by atoms with Gasteiger partial charge >= 0.3 is 0 Å². The Morgan fingerprint density at radius 3 is 2.55 bits per heavy atom. The molecule has 1 N–H and O–H groups in total. The van der Waals surface area contributed by atoms with Crippen LogP contribution in [0.5, 0.6) is 5.75 Å². The first kappa shape index (κ1) is 22.9. The van der Waals surface area contributed by atoms with Crippen molar-refractivity contribution in [1.29, 1.82) is 0 Å². The van der Waals surface area contributed by atoms with E-state index in [2.05, 4.69) is 37.4 Å². The minimum Gasteiger partial charge on any atom is -0.481 e. The molecule has 2 aromatic rings. The van der Waals surface area contributed by atoms with Crippen LogP contribution in [0.3, 0.4) is 0 Å². The fraction of sp³-hybridized carbons (Fsp3) is 0.462. The Morgan fingerprint density at radius 2 is 1.87 bits per heavy atom. The Bertz CT molecular complexity index is 895. The Labute approximate surface area is 185 Å². The van der Waals surface area contributed by atoms with Crippen LogP contribution in [0.25, 0.3) is 0 Å². The van der Waals surface area contributed by atoms with Crippen LogP contribution in [0.1, 0.15) is 63.3 Å². The lowest BCUT2D eigenvalue weighted by molar-refractivity contribution is -0.134. The zero-order valence-electron chi connectivity index (χ0n) is 19.1. The quantitative estimate of drug-likeness (QED) is 0.681. The van der Waals surface area contributed by atoms with Crippen molar-refractivity contribution in [2.45, 2.75) is 59.1 Å². The van der Waals surface area contributed by atoms with Gasteiger partial charge in [0.1, 0.15) is 5.75 Å². The van der Waals surface area contributed by atoms with Crippen molar-refractivity contribution < 1.29 is 14.3 Å². The second-order valence-corrected chi connectivity index (χ2v) is 8.66. The SMILES string of the molecule is CCCNC(=O)[C@@H](C)Oc1ccc2c(c1)[C@@H](c1ccccc1)N(C(=O)CC(C)C)CC2. The molecule has 2 atom stereocenters. The molecular weight excluding hydrogens is 388 g/mol. The Morgan fingerprint density at radius 1 is 1.13 bits per heavy atom. The molecule has 1 aliphatic rings. The molecule has 3 rings (SSSR count). The highest BCUT2D eigenvalue weighted by Gasteiger charge is 2.32. The Hall–Kier alpha value is -2.82. The van der Waals surface area contributed by atoms with Crippen LogP contribution in [-0.2, 0) is 16.0 Å². The van der Waals surface area contributed by atoms with E-state index < -0.39 is 6.10 Å². The van der Waals surface area contributed by atoms with Gasteiger partial charge in [-0.2, -0.15) is 0 Å². The molecule has 0 aliphatic carbocycles. The molecule has 0 saturated carbocycles. The monoisotopic (exact) mass is 422 g/mol. The van der Waals surface area contributed by atoms with Crippen molar-refractivity contribution in [2.75, 3.05) is 13.1 Å². The average Bonchev–Trinajstić information content (AvgIpc) is 2.76. The van der Waals surface area contributed by atoms with Crippen molar-refractivity contribution in [3.05, 3.63) is 65.2 Å². The molecule has 0 fully saturated rings. The molecule has 166 valence electrons. The third-order valence-electron chi connectivity index (χ3n) is 5.60. The summed E-state index contributed by atoms with van der Waals surface area (Å²) in [4.78, 5) is 27.3. The maximum absolute atomic E-state index is 13.1. The number of carbonyl (C=O) groups is 2. The first-order valence-corrected chi connectivity index (χ1v) is 11.3. The van der Waals surface area contributed by atoms with E-state index in [1.807, 2.05) is 42.2 Å². The highest BCUT2D eigenvalue weighted by Crippen LogP contribution is 2.37. The molecule has 0 bridgehead atoms. The molecule has 0 saturated heterocycles. The van der Waals surface area contributed by atoms with Gasteiger partial charge in [0.2, 0.25) is 5.91 Å². The van der Waals surface area contributed by atoms with Crippen LogP contribution in [0.2, 0.25) is 0 Å². The number of benzene rings is 2. The number of rotatable bonds is 8. The number of hydrogen-bond donors (Lipinski definition) is 1. The molecule has 1 heterocycles. The summed E-state index contributed by atoms with van der Waals surface area (Å²) in [6.07, 6.45) is 1.65. The van der Waals surface area contributed by atoms with Crippen LogP contribution in [0, 0.1) is 5.92 Å². The van der Waals surface area contributed by atoms with E-state index in [1.165, 1.54) is 5.56 Å². The summed E-state index contributed by atoms with van der Waals surface area (Å²) in [7, 11) is 0. The number of nitrogens with zero attached hydrogens (tertiary/aromatic N) is 1. The number of amides is 2. The zero-order valence-corrected chi connectivity index (χ0v) is 19.1. The highest BCUT2D eigenvalue weighted by atomic mass is 16.5. The molecule has 2 aromatic carbocycles. The van der Waals surface area contributed by atoms with Crippen molar-refractivity contribution in [3.8, 4) is 5.75 Å². The van der Waals surface area contributed by atoms with Gasteiger partial charge in [0, 0.05) is 19.5 Å². The number of ether oxygens (including phenoxy) is 1. The first-order valence-electron chi connectivity index (χ1n) is 11.3. The predicted molar refractivity (Wildman–Crippen MR) is 123 cm³/mol. The van der Waals surface area contributed by atoms with Gasteiger partial charge in [0.25, 0.3) is 5.91 Å². The van der Waals surface area contributed by atoms with Crippen LogP contribution in [-0.4, -0.2) is 35.9 Å². The second-order valence-electron chi connectivity index (χ2n) is 8.66. The van der Waals surface area contributed by atoms with Crippen molar-refractivity contribution >= 4 is 11.8 Å². The topological polar surface area (TPSA) is 58.6 Å². The van der Waals surface area contributed by atoms with Crippen molar-refractivity contribution in [2.24, 2.45) is 5.92 Å². The van der Waals surface area contributed by atoms with Crippen LogP contribution < -0.4 is 10.1 Å². The Balaban J connectivity index is 1.92. The molecule has 0 aromatic heterocycles. The van der Waals surface area contributed by atoms with E-state index in [0.717, 1.165) is 24.0 Å². The minimum absolute atomic E-state index is 0.118. The van der Waals surface area contributed by atoms with Crippen LogP contribution >= 0.6 is 0 Å². The summed E-state index contributed by atoms with van der Waals surface area (Å²) >= 11 is 0. The lowest BCUT2D eigenvalue weighted by Gasteiger charge is -2.38. The van der Waals surface area contributed by atoms with Gasteiger partial charge < -0.3 is 15.0 Å². The number of hydrogen-bond acceptors (Lipinski definition) is 3. The van der Waals surface area contributed by atoms with Gasteiger partial charge in [0.05, 0.1) is 6.04 Å².